The summed E-state index contributed by atoms with van der Waals surface area (Å²) in [6, 6.07) is 4.34. The number of hydrogen-bond acceptors (Lipinski definition) is 2. The quantitative estimate of drug-likeness (QED) is 0.641. The van der Waals surface area contributed by atoms with Crippen LogP contribution in [0, 0.1) is 0 Å². The van der Waals surface area contributed by atoms with E-state index in [9.17, 15) is 0 Å². The number of nitrogen functional groups attached to an aromatic ring is 1. The van der Waals surface area contributed by atoms with E-state index in [1.807, 2.05) is 6.07 Å². The number of hydrogen-bond donors (Lipinski definition) is 2. The number of aryl methyl sites for hydroxylation is 1. The predicted octanol–water partition coefficient (Wildman–Crippen LogP) is 1.78. The highest BCUT2D eigenvalue weighted by Crippen LogP contribution is 2.35. The van der Waals surface area contributed by atoms with Gasteiger partial charge in [0.2, 0.25) is 0 Å². The lowest BCUT2D eigenvalue weighted by Crippen LogP contribution is -2.08. The van der Waals surface area contributed by atoms with Gasteiger partial charge < -0.3 is 11.5 Å². The first-order valence-electron chi connectivity index (χ1n) is 4.89. The minimum absolute atomic E-state index is 0.216. The summed E-state index contributed by atoms with van der Waals surface area (Å²) in [6.45, 7) is 2.16. The average Bonchev–Trinajstić information content (AvgIpc) is 2.51. The number of nitrogens with two attached hydrogens (primary N) is 2. The second-order valence-electron chi connectivity index (χ2n) is 3.70. The SMILES string of the molecule is CCc1ccc(N)c2c1[C@H](N)CC2. The summed E-state index contributed by atoms with van der Waals surface area (Å²) in [5.74, 6) is 0. The summed E-state index contributed by atoms with van der Waals surface area (Å²) in [4.78, 5) is 0. The van der Waals surface area contributed by atoms with Crippen LogP contribution >= 0.6 is 0 Å². The van der Waals surface area contributed by atoms with Crippen LogP contribution in [0.3, 0.4) is 0 Å². The van der Waals surface area contributed by atoms with Crippen LogP contribution in [0.25, 0.3) is 0 Å². The van der Waals surface area contributed by atoms with Gasteiger partial charge in [-0.05, 0) is 42.0 Å². The summed E-state index contributed by atoms with van der Waals surface area (Å²) in [5, 5.41) is 0. The van der Waals surface area contributed by atoms with Crippen LogP contribution in [0.5, 0.6) is 0 Å². The van der Waals surface area contributed by atoms with Gasteiger partial charge in [-0.2, -0.15) is 0 Å². The van der Waals surface area contributed by atoms with Gasteiger partial charge in [0, 0.05) is 11.7 Å². The van der Waals surface area contributed by atoms with Crippen molar-refractivity contribution in [1.29, 1.82) is 0 Å². The fourth-order valence-corrected chi connectivity index (χ4v) is 2.22. The maximum absolute atomic E-state index is 6.04. The molecule has 0 aliphatic heterocycles. The Morgan fingerprint density at radius 1 is 1.46 bits per heavy atom. The van der Waals surface area contributed by atoms with Crippen molar-refractivity contribution < 1.29 is 0 Å². The number of anilines is 1. The van der Waals surface area contributed by atoms with Gasteiger partial charge in [0.1, 0.15) is 0 Å². The molecular formula is C11H16N2. The highest BCUT2D eigenvalue weighted by atomic mass is 14.7. The number of fused-ring (bicyclic) bond motifs is 1. The van der Waals surface area contributed by atoms with Crippen molar-refractivity contribution in [1.82, 2.24) is 0 Å². The molecule has 13 heavy (non-hydrogen) atoms. The molecule has 2 rings (SSSR count). The van der Waals surface area contributed by atoms with Crippen molar-refractivity contribution in [2.75, 3.05) is 5.73 Å². The standard InChI is InChI=1S/C11H16N2/c1-2-7-3-5-9(12)8-4-6-10(13)11(7)8/h3,5,10H,2,4,6,12-13H2,1H3/t10-/m1/s1. The van der Waals surface area contributed by atoms with Crippen LogP contribution in [-0.4, -0.2) is 0 Å². The van der Waals surface area contributed by atoms with Gasteiger partial charge in [0.25, 0.3) is 0 Å². The fraction of sp³-hybridized carbons (Fsp3) is 0.455. The first kappa shape index (κ1) is 8.57. The summed E-state index contributed by atoms with van der Waals surface area (Å²) in [6.07, 6.45) is 3.16. The molecule has 1 aromatic rings. The molecule has 1 aliphatic carbocycles. The average molecular weight is 176 g/mol. The van der Waals surface area contributed by atoms with Crippen LogP contribution in [0.2, 0.25) is 0 Å². The molecule has 2 nitrogen and oxygen atoms in total. The molecular weight excluding hydrogens is 160 g/mol. The topological polar surface area (TPSA) is 52.0 Å². The summed E-state index contributed by atoms with van der Waals surface area (Å²) in [7, 11) is 0. The van der Waals surface area contributed by atoms with E-state index in [1.54, 1.807) is 0 Å². The Bertz CT molecular complexity index is 331. The van der Waals surface area contributed by atoms with E-state index in [1.165, 1.54) is 16.7 Å². The first-order chi connectivity index (χ1) is 6.24. The molecule has 0 fully saturated rings. The molecule has 0 unspecified atom stereocenters. The Labute approximate surface area is 78.9 Å². The number of benzene rings is 1. The largest absolute Gasteiger partial charge is 0.398 e. The van der Waals surface area contributed by atoms with Crippen molar-refractivity contribution in [3.63, 3.8) is 0 Å². The third kappa shape index (κ3) is 1.22. The fourth-order valence-electron chi connectivity index (χ4n) is 2.22. The molecule has 0 radical (unpaired) electrons. The zero-order chi connectivity index (χ0) is 9.42. The normalized spacial score (nSPS) is 20.3. The lowest BCUT2D eigenvalue weighted by atomic mass is 9.98. The van der Waals surface area contributed by atoms with Crippen molar-refractivity contribution in [2.45, 2.75) is 32.2 Å². The minimum atomic E-state index is 0.216. The molecule has 0 aromatic heterocycles. The Balaban J connectivity index is 2.60. The summed E-state index contributed by atoms with van der Waals surface area (Å²) < 4.78 is 0. The number of rotatable bonds is 1. The van der Waals surface area contributed by atoms with Crippen molar-refractivity contribution >= 4 is 5.69 Å². The molecule has 70 valence electrons. The van der Waals surface area contributed by atoms with Crippen LogP contribution in [0.1, 0.15) is 36.1 Å². The monoisotopic (exact) mass is 176 g/mol. The smallest absolute Gasteiger partial charge is 0.0350 e. The molecule has 1 aromatic carbocycles. The summed E-state index contributed by atoms with van der Waals surface area (Å²) >= 11 is 0. The van der Waals surface area contributed by atoms with Gasteiger partial charge in [-0.15, -0.1) is 0 Å². The van der Waals surface area contributed by atoms with Gasteiger partial charge in [0.15, 0.2) is 0 Å². The van der Waals surface area contributed by atoms with Gasteiger partial charge in [-0.25, -0.2) is 0 Å². The predicted molar refractivity (Wildman–Crippen MR) is 55.5 cm³/mol. The third-order valence-electron chi connectivity index (χ3n) is 2.94. The van der Waals surface area contributed by atoms with Crippen LogP contribution in [-0.2, 0) is 12.8 Å². The van der Waals surface area contributed by atoms with E-state index < -0.39 is 0 Å². The maximum Gasteiger partial charge on any atom is 0.0350 e. The molecule has 0 spiro atoms. The molecule has 2 heteroatoms. The lowest BCUT2D eigenvalue weighted by molar-refractivity contribution is 0.707. The molecule has 0 bridgehead atoms. The van der Waals surface area contributed by atoms with Crippen molar-refractivity contribution in [3.05, 3.63) is 28.8 Å². The molecule has 0 saturated carbocycles. The summed E-state index contributed by atoms with van der Waals surface area (Å²) in [5.41, 5.74) is 16.8. The Hall–Kier alpha value is -1.02. The molecule has 1 atom stereocenters. The Morgan fingerprint density at radius 2 is 2.23 bits per heavy atom. The van der Waals surface area contributed by atoms with E-state index in [0.29, 0.717) is 0 Å². The second-order valence-corrected chi connectivity index (χ2v) is 3.70. The first-order valence-corrected chi connectivity index (χ1v) is 4.89. The van der Waals surface area contributed by atoms with E-state index in [2.05, 4.69) is 13.0 Å². The Morgan fingerprint density at radius 3 is 2.92 bits per heavy atom. The van der Waals surface area contributed by atoms with E-state index in [-0.39, 0.29) is 6.04 Å². The lowest BCUT2D eigenvalue weighted by Gasteiger charge is -2.12. The molecule has 4 N–H and O–H groups in total. The van der Waals surface area contributed by atoms with Crippen LogP contribution in [0.15, 0.2) is 12.1 Å². The van der Waals surface area contributed by atoms with Crippen LogP contribution in [0.4, 0.5) is 5.69 Å². The molecule has 0 heterocycles. The van der Waals surface area contributed by atoms with Gasteiger partial charge >= 0.3 is 0 Å². The Kier molecular flexibility index (Phi) is 2.00. The molecule has 0 amide bonds. The van der Waals surface area contributed by atoms with E-state index in [0.717, 1.165) is 24.9 Å². The highest BCUT2D eigenvalue weighted by molar-refractivity contribution is 5.57. The minimum Gasteiger partial charge on any atom is -0.398 e. The second kappa shape index (κ2) is 3.04. The van der Waals surface area contributed by atoms with Crippen LogP contribution < -0.4 is 11.5 Å². The van der Waals surface area contributed by atoms with Gasteiger partial charge in [0.05, 0.1) is 0 Å². The van der Waals surface area contributed by atoms with Crippen molar-refractivity contribution in [3.8, 4) is 0 Å². The third-order valence-corrected chi connectivity index (χ3v) is 2.94. The zero-order valence-electron chi connectivity index (χ0n) is 8.01. The van der Waals surface area contributed by atoms with Gasteiger partial charge in [-0.3, -0.25) is 0 Å². The van der Waals surface area contributed by atoms with Crippen molar-refractivity contribution in [2.24, 2.45) is 5.73 Å². The maximum atomic E-state index is 6.04. The van der Waals surface area contributed by atoms with E-state index in [4.69, 9.17) is 11.5 Å². The zero-order valence-corrected chi connectivity index (χ0v) is 8.01. The molecule has 0 saturated heterocycles. The highest BCUT2D eigenvalue weighted by Gasteiger charge is 2.23. The van der Waals surface area contributed by atoms with E-state index >= 15 is 0 Å². The van der Waals surface area contributed by atoms with Gasteiger partial charge in [-0.1, -0.05) is 13.0 Å². The molecule has 1 aliphatic rings.